The van der Waals surface area contributed by atoms with Crippen molar-refractivity contribution in [3.05, 3.63) is 30.3 Å². The van der Waals surface area contributed by atoms with E-state index in [4.69, 9.17) is 0 Å². The summed E-state index contributed by atoms with van der Waals surface area (Å²) in [5, 5.41) is 6.25. The largest absolute Gasteiger partial charge is 0.357 e. The zero-order valence-electron chi connectivity index (χ0n) is 14.6. The van der Waals surface area contributed by atoms with Gasteiger partial charge in [-0.25, -0.2) is 4.99 Å². The standard InChI is InChI=1S/C17H26N4O2S.HI/c1-2-18-17(20-14-16(22)21-11-6-7-12-21)19-10-13-24(23)15-8-4-3-5-9-15;/h3-5,8-9H,2,6-7,10-14H2,1H3,(H2,18,19,20);1H. The van der Waals surface area contributed by atoms with E-state index in [0.29, 0.717) is 24.8 Å². The smallest absolute Gasteiger partial charge is 0.244 e. The molecule has 8 heteroatoms. The van der Waals surface area contributed by atoms with Crippen molar-refractivity contribution in [2.24, 2.45) is 4.99 Å². The van der Waals surface area contributed by atoms with Crippen LogP contribution in [0.25, 0.3) is 0 Å². The van der Waals surface area contributed by atoms with Crippen LogP contribution in [0, 0.1) is 0 Å². The Kier molecular flexibility index (Phi) is 10.7. The summed E-state index contributed by atoms with van der Waals surface area (Å²) in [6.07, 6.45) is 2.16. The molecule has 0 aliphatic carbocycles. The van der Waals surface area contributed by atoms with Crippen LogP contribution >= 0.6 is 24.0 Å². The Balaban J connectivity index is 0.00000312. The van der Waals surface area contributed by atoms with Crippen molar-refractivity contribution in [3.8, 4) is 0 Å². The van der Waals surface area contributed by atoms with Crippen LogP contribution in [-0.4, -0.2) is 59.5 Å². The van der Waals surface area contributed by atoms with Gasteiger partial charge in [-0.15, -0.1) is 24.0 Å². The predicted octanol–water partition coefficient (Wildman–Crippen LogP) is 1.59. The summed E-state index contributed by atoms with van der Waals surface area (Å²) in [5.74, 6) is 1.15. The summed E-state index contributed by atoms with van der Waals surface area (Å²) in [4.78, 5) is 19.1. The van der Waals surface area contributed by atoms with Gasteiger partial charge in [0.2, 0.25) is 5.91 Å². The first kappa shape index (κ1) is 21.9. The minimum absolute atomic E-state index is 0. The number of carbonyl (C=O) groups excluding carboxylic acids is 1. The number of halogens is 1. The van der Waals surface area contributed by atoms with Gasteiger partial charge in [0.1, 0.15) is 6.54 Å². The second kappa shape index (κ2) is 12.2. The van der Waals surface area contributed by atoms with Crippen LogP contribution in [-0.2, 0) is 15.6 Å². The van der Waals surface area contributed by atoms with Crippen LogP contribution < -0.4 is 10.6 Å². The molecule has 1 fully saturated rings. The minimum atomic E-state index is -1.04. The Labute approximate surface area is 169 Å². The van der Waals surface area contributed by atoms with Crippen LogP contribution in [0.4, 0.5) is 0 Å². The first-order valence-corrected chi connectivity index (χ1v) is 9.76. The van der Waals surface area contributed by atoms with Gasteiger partial charge in [0.25, 0.3) is 0 Å². The number of hydrogen-bond donors (Lipinski definition) is 2. The molecule has 1 aliphatic rings. The van der Waals surface area contributed by atoms with Gasteiger partial charge < -0.3 is 15.5 Å². The number of hydrogen-bond acceptors (Lipinski definition) is 3. The molecule has 2 N–H and O–H groups in total. The van der Waals surface area contributed by atoms with Crippen LogP contribution in [0.15, 0.2) is 40.2 Å². The molecule has 1 amide bonds. The highest BCUT2D eigenvalue weighted by Gasteiger charge is 2.17. The van der Waals surface area contributed by atoms with E-state index in [0.717, 1.165) is 30.8 Å². The molecule has 1 aromatic carbocycles. The molecule has 6 nitrogen and oxygen atoms in total. The Hall–Kier alpha value is -1.16. The van der Waals surface area contributed by atoms with Crippen molar-refractivity contribution < 1.29 is 9.00 Å². The number of aliphatic imine (C=N–C) groups is 1. The van der Waals surface area contributed by atoms with Crippen LogP contribution in [0.2, 0.25) is 0 Å². The molecule has 25 heavy (non-hydrogen) atoms. The van der Waals surface area contributed by atoms with Crippen LogP contribution in [0.5, 0.6) is 0 Å². The topological polar surface area (TPSA) is 73.8 Å². The fourth-order valence-corrected chi connectivity index (χ4v) is 3.49. The lowest BCUT2D eigenvalue weighted by atomic mass is 10.4. The number of likely N-dealkylation sites (tertiary alicyclic amines) is 1. The van der Waals surface area contributed by atoms with Crippen molar-refractivity contribution >= 4 is 46.6 Å². The van der Waals surface area contributed by atoms with Crippen molar-refractivity contribution in [2.75, 3.05) is 38.5 Å². The Morgan fingerprint density at radius 3 is 2.52 bits per heavy atom. The molecule has 1 aliphatic heterocycles. The average molecular weight is 478 g/mol. The molecule has 1 heterocycles. The molecule has 1 aromatic rings. The van der Waals surface area contributed by atoms with E-state index in [2.05, 4.69) is 15.6 Å². The highest BCUT2D eigenvalue weighted by Crippen LogP contribution is 2.07. The number of nitrogens with zero attached hydrogens (tertiary/aromatic N) is 2. The van der Waals surface area contributed by atoms with Gasteiger partial charge in [-0.2, -0.15) is 0 Å². The van der Waals surface area contributed by atoms with E-state index in [1.165, 1.54) is 0 Å². The fraction of sp³-hybridized carbons (Fsp3) is 0.529. The van der Waals surface area contributed by atoms with Gasteiger partial charge in [0, 0.05) is 36.8 Å². The maximum atomic E-state index is 12.2. The zero-order chi connectivity index (χ0) is 17.2. The second-order valence-electron chi connectivity index (χ2n) is 5.57. The Bertz CT molecular complexity index is 577. The number of carbonyl (C=O) groups is 1. The van der Waals surface area contributed by atoms with E-state index in [9.17, 15) is 9.00 Å². The Morgan fingerprint density at radius 2 is 1.88 bits per heavy atom. The lowest BCUT2D eigenvalue weighted by molar-refractivity contribution is -0.128. The molecule has 0 saturated carbocycles. The number of rotatable bonds is 7. The van der Waals surface area contributed by atoms with Crippen molar-refractivity contribution in [1.29, 1.82) is 0 Å². The van der Waals surface area contributed by atoms with Crippen molar-refractivity contribution in [3.63, 3.8) is 0 Å². The maximum Gasteiger partial charge on any atom is 0.244 e. The van der Waals surface area contributed by atoms with Gasteiger partial charge in [0.15, 0.2) is 5.96 Å². The minimum Gasteiger partial charge on any atom is -0.357 e. The summed E-state index contributed by atoms with van der Waals surface area (Å²) in [6, 6.07) is 9.41. The molecule has 0 bridgehead atoms. The lowest BCUT2D eigenvalue weighted by Crippen LogP contribution is -2.40. The molecule has 0 spiro atoms. The number of guanidine groups is 1. The third-order valence-corrected chi connectivity index (χ3v) is 5.13. The van der Waals surface area contributed by atoms with Gasteiger partial charge in [-0.3, -0.25) is 9.00 Å². The summed E-state index contributed by atoms with van der Waals surface area (Å²) in [5.41, 5.74) is 0. The molecule has 140 valence electrons. The molecule has 0 aromatic heterocycles. The van der Waals surface area contributed by atoms with E-state index >= 15 is 0 Å². The normalized spacial score (nSPS) is 15.4. The van der Waals surface area contributed by atoms with E-state index < -0.39 is 10.8 Å². The van der Waals surface area contributed by atoms with Crippen molar-refractivity contribution in [2.45, 2.75) is 24.7 Å². The first-order chi connectivity index (χ1) is 11.7. The summed E-state index contributed by atoms with van der Waals surface area (Å²) in [7, 11) is -1.04. The highest BCUT2D eigenvalue weighted by molar-refractivity contribution is 14.0. The first-order valence-electron chi connectivity index (χ1n) is 8.44. The molecule has 1 saturated heterocycles. The maximum absolute atomic E-state index is 12.2. The lowest BCUT2D eigenvalue weighted by Gasteiger charge is -2.15. The zero-order valence-corrected chi connectivity index (χ0v) is 17.7. The quantitative estimate of drug-likeness (QED) is 0.355. The number of nitrogens with one attached hydrogen (secondary N) is 2. The number of amides is 1. The SMILES string of the molecule is CCNC(=NCC(=O)N1CCCC1)NCCS(=O)c1ccccc1.I. The Morgan fingerprint density at radius 1 is 1.20 bits per heavy atom. The average Bonchev–Trinajstić information content (AvgIpc) is 3.14. The number of benzene rings is 1. The van der Waals surface area contributed by atoms with E-state index in [-0.39, 0.29) is 36.4 Å². The van der Waals surface area contributed by atoms with E-state index in [1.807, 2.05) is 42.2 Å². The molecular formula is C17H27IN4O2S. The summed E-state index contributed by atoms with van der Waals surface area (Å²) in [6.45, 7) is 5.05. The molecule has 0 radical (unpaired) electrons. The van der Waals surface area contributed by atoms with Crippen molar-refractivity contribution in [1.82, 2.24) is 15.5 Å². The predicted molar refractivity (Wildman–Crippen MR) is 113 cm³/mol. The van der Waals surface area contributed by atoms with Crippen LogP contribution in [0.3, 0.4) is 0 Å². The van der Waals surface area contributed by atoms with Crippen LogP contribution in [0.1, 0.15) is 19.8 Å². The second-order valence-corrected chi connectivity index (χ2v) is 7.14. The van der Waals surface area contributed by atoms with Gasteiger partial charge in [-0.05, 0) is 31.9 Å². The molecule has 1 unspecified atom stereocenters. The fourth-order valence-electron chi connectivity index (χ4n) is 2.51. The monoisotopic (exact) mass is 478 g/mol. The molecular weight excluding hydrogens is 451 g/mol. The van der Waals surface area contributed by atoms with Gasteiger partial charge in [-0.1, -0.05) is 18.2 Å². The summed E-state index contributed by atoms with van der Waals surface area (Å²) < 4.78 is 12.2. The van der Waals surface area contributed by atoms with E-state index in [1.54, 1.807) is 0 Å². The van der Waals surface area contributed by atoms with Gasteiger partial charge >= 0.3 is 0 Å². The summed E-state index contributed by atoms with van der Waals surface area (Å²) >= 11 is 0. The highest BCUT2D eigenvalue weighted by atomic mass is 127. The van der Waals surface area contributed by atoms with Gasteiger partial charge in [0.05, 0.1) is 10.8 Å². The third-order valence-electron chi connectivity index (χ3n) is 3.76. The molecule has 2 rings (SSSR count). The third kappa shape index (κ3) is 7.72. The molecule has 1 atom stereocenters.